The Labute approximate surface area is 129 Å². The van der Waals surface area contributed by atoms with E-state index in [2.05, 4.69) is 0 Å². The number of phenolic OH excluding ortho intramolecular Hbond substituents is 1. The van der Waals surface area contributed by atoms with Crippen LogP contribution in [-0.4, -0.2) is 58.5 Å². The summed E-state index contributed by atoms with van der Waals surface area (Å²) in [7, 11) is 0.817. The molecule has 1 aromatic rings. The van der Waals surface area contributed by atoms with Crippen molar-refractivity contribution in [2.75, 3.05) is 19.3 Å². The number of rotatable bonds is 4. The second kappa shape index (κ2) is 6.13. The number of amides is 1. The number of carbonyl (C=O) groups excluding carboxylic acids is 1. The molecule has 1 amide bonds. The van der Waals surface area contributed by atoms with Gasteiger partial charge < -0.3 is 19.8 Å². The standard InChI is InChI=1S/C15H18NO5P/c17-7-10-11(18)2-1-3-12(10)21-8-9-6-13-14(9)16(15(19)20)4-5-22-13/h1-3,7,9,13-14,18,22H,4-6,8H2,(H,19,20)/t9?,13-,14?/m0/s1. The number of carboxylic acid groups (broad SMARTS) is 1. The highest BCUT2D eigenvalue weighted by Gasteiger charge is 2.48. The number of nitrogens with zero attached hydrogens (tertiary/aromatic N) is 1. The van der Waals surface area contributed by atoms with E-state index in [1.165, 1.54) is 11.0 Å². The summed E-state index contributed by atoms with van der Waals surface area (Å²) in [5.74, 6) is 0.389. The summed E-state index contributed by atoms with van der Waals surface area (Å²) in [6.07, 6.45) is 1.61. The van der Waals surface area contributed by atoms with Gasteiger partial charge in [-0.1, -0.05) is 6.07 Å². The van der Waals surface area contributed by atoms with Crippen molar-refractivity contribution in [2.45, 2.75) is 18.1 Å². The van der Waals surface area contributed by atoms with Gasteiger partial charge in [0.25, 0.3) is 0 Å². The number of ether oxygens (including phenoxy) is 1. The van der Waals surface area contributed by atoms with Crippen LogP contribution in [-0.2, 0) is 0 Å². The van der Waals surface area contributed by atoms with Crippen molar-refractivity contribution in [2.24, 2.45) is 5.92 Å². The highest BCUT2D eigenvalue weighted by molar-refractivity contribution is 7.39. The smallest absolute Gasteiger partial charge is 0.407 e. The molecule has 1 aliphatic carbocycles. The zero-order valence-electron chi connectivity index (χ0n) is 11.9. The SMILES string of the molecule is O=Cc1c(O)cccc1OCC1C[C@@H]2PCCN(C(=O)O)C12. The molecule has 118 valence electrons. The van der Waals surface area contributed by atoms with Crippen LogP contribution in [0.2, 0.25) is 0 Å². The molecule has 6 nitrogen and oxygen atoms in total. The third kappa shape index (κ3) is 2.63. The molecule has 2 fully saturated rings. The van der Waals surface area contributed by atoms with E-state index in [0.29, 0.717) is 30.8 Å². The number of fused-ring (bicyclic) bond motifs is 1. The van der Waals surface area contributed by atoms with E-state index in [4.69, 9.17) is 4.74 Å². The van der Waals surface area contributed by atoms with Gasteiger partial charge in [0.1, 0.15) is 11.5 Å². The molecule has 1 saturated carbocycles. The fourth-order valence-corrected chi connectivity index (χ4v) is 5.20. The van der Waals surface area contributed by atoms with Gasteiger partial charge in [-0.25, -0.2) is 4.79 Å². The van der Waals surface area contributed by atoms with Crippen LogP contribution in [0.4, 0.5) is 4.79 Å². The molecule has 1 aliphatic heterocycles. The monoisotopic (exact) mass is 323 g/mol. The molecule has 1 aromatic carbocycles. The van der Waals surface area contributed by atoms with Crippen LogP contribution in [0.15, 0.2) is 18.2 Å². The normalized spacial score (nSPS) is 27.8. The highest BCUT2D eigenvalue weighted by Crippen LogP contribution is 2.47. The molecular formula is C15H18NO5P. The van der Waals surface area contributed by atoms with E-state index in [-0.39, 0.29) is 23.3 Å². The number of carbonyl (C=O) groups is 2. The van der Waals surface area contributed by atoms with E-state index < -0.39 is 6.09 Å². The largest absolute Gasteiger partial charge is 0.507 e. The first-order valence-electron chi connectivity index (χ1n) is 7.24. The summed E-state index contributed by atoms with van der Waals surface area (Å²) in [5.41, 5.74) is 0.590. The van der Waals surface area contributed by atoms with E-state index in [1.54, 1.807) is 12.1 Å². The van der Waals surface area contributed by atoms with Crippen molar-refractivity contribution in [3.8, 4) is 11.5 Å². The quantitative estimate of drug-likeness (QED) is 0.654. The summed E-state index contributed by atoms with van der Waals surface area (Å²) in [4.78, 5) is 23.9. The number of aromatic hydroxyl groups is 1. The summed E-state index contributed by atoms with van der Waals surface area (Å²) < 4.78 is 5.68. The summed E-state index contributed by atoms with van der Waals surface area (Å²) in [5, 5.41) is 18.9. The lowest BCUT2D eigenvalue weighted by Crippen LogP contribution is -2.61. The van der Waals surface area contributed by atoms with Gasteiger partial charge in [-0.15, -0.1) is 8.58 Å². The minimum absolute atomic E-state index is 0.0292. The number of hydrogen-bond acceptors (Lipinski definition) is 4. The van der Waals surface area contributed by atoms with Crippen molar-refractivity contribution in [3.63, 3.8) is 0 Å². The van der Waals surface area contributed by atoms with Gasteiger partial charge in [-0.3, -0.25) is 4.79 Å². The number of hydrogen-bond donors (Lipinski definition) is 2. The zero-order chi connectivity index (χ0) is 15.7. The molecule has 0 aromatic heterocycles. The number of phenols is 1. The fourth-order valence-electron chi connectivity index (χ4n) is 3.30. The topological polar surface area (TPSA) is 87.1 Å². The van der Waals surface area contributed by atoms with Crippen LogP contribution < -0.4 is 4.74 Å². The first-order valence-corrected chi connectivity index (χ1v) is 8.53. The Hall–Kier alpha value is -1.81. The molecule has 3 unspecified atom stereocenters. The molecule has 0 spiro atoms. The average molecular weight is 323 g/mol. The maximum Gasteiger partial charge on any atom is 0.407 e. The van der Waals surface area contributed by atoms with E-state index in [0.717, 1.165) is 21.2 Å². The van der Waals surface area contributed by atoms with Crippen LogP contribution in [0.5, 0.6) is 11.5 Å². The molecule has 1 heterocycles. The molecule has 1 saturated heterocycles. The van der Waals surface area contributed by atoms with Gasteiger partial charge in [0.05, 0.1) is 12.2 Å². The Morgan fingerprint density at radius 3 is 3.05 bits per heavy atom. The molecule has 0 radical (unpaired) electrons. The average Bonchev–Trinajstić information content (AvgIpc) is 2.47. The Balaban J connectivity index is 1.66. The van der Waals surface area contributed by atoms with Crippen LogP contribution in [0.3, 0.4) is 0 Å². The Bertz CT molecular complexity index is 593. The lowest BCUT2D eigenvalue weighted by Gasteiger charge is -2.52. The molecule has 7 heteroatoms. The first-order chi connectivity index (χ1) is 10.6. The third-order valence-electron chi connectivity index (χ3n) is 4.43. The molecule has 3 rings (SSSR count). The fraction of sp³-hybridized carbons (Fsp3) is 0.467. The first kappa shape index (κ1) is 15.1. The van der Waals surface area contributed by atoms with Crippen molar-refractivity contribution in [3.05, 3.63) is 23.8 Å². The lowest BCUT2D eigenvalue weighted by molar-refractivity contribution is 0.0382. The van der Waals surface area contributed by atoms with Gasteiger partial charge in [0, 0.05) is 18.5 Å². The van der Waals surface area contributed by atoms with Gasteiger partial charge >= 0.3 is 6.09 Å². The van der Waals surface area contributed by atoms with Crippen LogP contribution in [0.25, 0.3) is 0 Å². The molecule has 22 heavy (non-hydrogen) atoms. The van der Waals surface area contributed by atoms with Crippen molar-refractivity contribution in [1.29, 1.82) is 0 Å². The maximum absolute atomic E-state index is 11.3. The van der Waals surface area contributed by atoms with Crippen molar-refractivity contribution < 1.29 is 24.5 Å². The number of aldehydes is 1. The van der Waals surface area contributed by atoms with Gasteiger partial charge in [0.15, 0.2) is 6.29 Å². The Morgan fingerprint density at radius 2 is 2.32 bits per heavy atom. The molecular weight excluding hydrogens is 305 g/mol. The van der Waals surface area contributed by atoms with Crippen molar-refractivity contribution >= 4 is 21.0 Å². The minimum atomic E-state index is -0.866. The third-order valence-corrected chi connectivity index (χ3v) is 6.04. The van der Waals surface area contributed by atoms with E-state index in [1.807, 2.05) is 0 Å². The maximum atomic E-state index is 11.3. The zero-order valence-corrected chi connectivity index (χ0v) is 12.9. The van der Waals surface area contributed by atoms with Crippen LogP contribution >= 0.6 is 8.58 Å². The van der Waals surface area contributed by atoms with Gasteiger partial charge in [-0.05, 0) is 30.4 Å². The van der Waals surface area contributed by atoms with Crippen LogP contribution in [0.1, 0.15) is 16.8 Å². The van der Waals surface area contributed by atoms with Gasteiger partial charge in [-0.2, -0.15) is 0 Å². The predicted octanol–water partition coefficient (Wildman–Crippen LogP) is 2.01. The summed E-state index contributed by atoms with van der Waals surface area (Å²) in [6.45, 7) is 0.955. The van der Waals surface area contributed by atoms with Gasteiger partial charge in [0.2, 0.25) is 0 Å². The second-order valence-electron chi connectivity index (χ2n) is 5.64. The predicted molar refractivity (Wildman–Crippen MR) is 82.6 cm³/mol. The van der Waals surface area contributed by atoms with E-state index in [9.17, 15) is 19.8 Å². The molecule has 4 atom stereocenters. The van der Waals surface area contributed by atoms with Crippen LogP contribution in [0, 0.1) is 5.92 Å². The second-order valence-corrected chi connectivity index (χ2v) is 7.29. The van der Waals surface area contributed by atoms with E-state index >= 15 is 0 Å². The molecule has 2 N–H and O–H groups in total. The Kier molecular flexibility index (Phi) is 4.21. The molecule has 0 bridgehead atoms. The summed E-state index contributed by atoms with van der Waals surface area (Å²) in [6, 6.07) is 4.72. The number of benzene rings is 1. The highest BCUT2D eigenvalue weighted by atomic mass is 31.1. The Morgan fingerprint density at radius 1 is 1.50 bits per heavy atom. The lowest BCUT2D eigenvalue weighted by atomic mass is 9.78. The van der Waals surface area contributed by atoms with Crippen molar-refractivity contribution in [1.82, 2.24) is 4.90 Å². The molecule has 2 aliphatic rings. The minimum Gasteiger partial charge on any atom is -0.507 e. The summed E-state index contributed by atoms with van der Waals surface area (Å²) >= 11 is 0.